The van der Waals surface area contributed by atoms with Crippen LogP contribution < -0.4 is 4.74 Å². The highest BCUT2D eigenvalue weighted by atomic mass is 16.5. The van der Waals surface area contributed by atoms with Gasteiger partial charge in [-0.2, -0.15) is 0 Å². The van der Waals surface area contributed by atoms with Crippen LogP contribution in [-0.2, 0) is 21.5 Å². The van der Waals surface area contributed by atoms with Crippen molar-refractivity contribution in [3.05, 3.63) is 53.6 Å². The lowest BCUT2D eigenvalue weighted by Gasteiger charge is -2.47. The molecule has 0 saturated heterocycles. The molecule has 4 rings (SSSR count). The van der Waals surface area contributed by atoms with E-state index in [2.05, 4.69) is 24.9 Å². The van der Waals surface area contributed by atoms with E-state index < -0.39 is 11.0 Å². The summed E-state index contributed by atoms with van der Waals surface area (Å²) in [5.74, 6) is 0.655. The molecule has 2 aliphatic rings. The number of imidazole rings is 1. The lowest BCUT2D eigenvalue weighted by atomic mass is 9.66. The molecule has 2 aromatic rings. The van der Waals surface area contributed by atoms with Crippen molar-refractivity contribution < 1.29 is 24.5 Å². The third-order valence-electron chi connectivity index (χ3n) is 7.17. The molecule has 0 unspecified atom stereocenters. The zero-order chi connectivity index (χ0) is 23.8. The smallest absolute Gasteiger partial charge is 0.315 e. The summed E-state index contributed by atoms with van der Waals surface area (Å²) in [5.41, 5.74) is 1.03. The van der Waals surface area contributed by atoms with Crippen LogP contribution in [0.15, 0.2) is 42.5 Å². The third kappa shape index (κ3) is 4.51. The van der Waals surface area contributed by atoms with E-state index in [1.54, 1.807) is 32.4 Å². The maximum atomic E-state index is 12.9. The van der Waals surface area contributed by atoms with Crippen LogP contribution in [0.3, 0.4) is 0 Å². The molecule has 0 bridgehead atoms. The molecule has 0 amide bonds. The van der Waals surface area contributed by atoms with Crippen molar-refractivity contribution in [2.75, 3.05) is 13.2 Å². The summed E-state index contributed by atoms with van der Waals surface area (Å²) in [6, 6.07) is 3.54. The molecule has 0 saturated carbocycles. The van der Waals surface area contributed by atoms with E-state index >= 15 is 0 Å². The molecule has 1 aromatic heterocycles. The predicted molar refractivity (Wildman–Crippen MR) is 124 cm³/mol. The van der Waals surface area contributed by atoms with Gasteiger partial charge in [0.05, 0.1) is 25.0 Å². The molecule has 2 heterocycles. The molecule has 0 spiro atoms. The van der Waals surface area contributed by atoms with Crippen LogP contribution in [-0.4, -0.2) is 44.5 Å². The average Bonchev–Trinajstić information content (AvgIpc) is 3.28. The highest BCUT2D eigenvalue weighted by Gasteiger charge is 2.46. The second-order valence-corrected chi connectivity index (χ2v) is 10.2. The number of aromatic hydroxyl groups is 1. The first kappa shape index (κ1) is 23.4. The van der Waals surface area contributed by atoms with Crippen LogP contribution in [0.1, 0.15) is 64.0 Å². The number of aromatic nitrogens is 2. The number of ether oxygens (including phenoxy) is 2. The molecule has 7 nitrogen and oxygen atoms in total. The number of benzene rings is 1. The summed E-state index contributed by atoms with van der Waals surface area (Å²) in [7, 11) is 0. The zero-order valence-electron chi connectivity index (χ0n) is 19.9. The van der Waals surface area contributed by atoms with Crippen molar-refractivity contribution in [2.45, 2.75) is 70.4 Å². The topological polar surface area (TPSA) is 93.8 Å². The Hall–Kier alpha value is -2.80. The van der Waals surface area contributed by atoms with Gasteiger partial charge >= 0.3 is 5.97 Å². The van der Waals surface area contributed by atoms with Crippen molar-refractivity contribution in [1.29, 1.82) is 0 Å². The van der Waals surface area contributed by atoms with Gasteiger partial charge in [-0.05, 0) is 70.2 Å². The zero-order valence-corrected chi connectivity index (χ0v) is 19.9. The van der Waals surface area contributed by atoms with Crippen molar-refractivity contribution in [3.63, 3.8) is 0 Å². The first-order valence-corrected chi connectivity index (χ1v) is 11.6. The molecule has 7 heteroatoms. The fraction of sp³-hybridized carbons (Fsp3) is 0.538. The van der Waals surface area contributed by atoms with E-state index in [0.717, 1.165) is 24.1 Å². The molecule has 1 aliphatic heterocycles. The number of hydrogen-bond acceptors (Lipinski definition) is 6. The van der Waals surface area contributed by atoms with Crippen LogP contribution in [0, 0.1) is 5.92 Å². The highest BCUT2D eigenvalue weighted by molar-refractivity contribution is 5.82. The van der Waals surface area contributed by atoms with Crippen LogP contribution in [0.2, 0.25) is 0 Å². The number of nitrogens with zero attached hydrogens (tertiary/aromatic N) is 2. The number of esters is 1. The SMILES string of the molecule is CC(C)(C(=O)OCCCn1ccnc1)c1cc(O)c2c(c1)OC(C)(C)[C@@H]1CC=C(CO)C[C@@H]21. The molecule has 178 valence electrons. The lowest BCUT2D eigenvalue weighted by molar-refractivity contribution is -0.149. The average molecular weight is 455 g/mol. The summed E-state index contributed by atoms with van der Waals surface area (Å²) in [6.45, 7) is 8.79. The van der Waals surface area contributed by atoms with Gasteiger partial charge in [0, 0.05) is 36.3 Å². The molecule has 0 fully saturated rings. The van der Waals surface area contributed by atoms with Gasteiger partial charge in [0.25, 0.3) is 0 Å². The van der Waals surface area contributed by atoms with Crippen LogP contribution >= 0.6 is 0 Å². The summed E-state index contributed by atoms with van der Waals surface area (Å²) < 4.78 is 13.9. The summed E-state index contributed by atoms with van der Waals surface area (Å²) in [6.07, 6.45) is 9.60. The number of fused-ring (bicyclic) bond motifs is 3. The maximum absolute atomic E-state index is 12.9. The van der Waals surface area contributed by atoms with Gasteiger partial charge in [-0.25, -0.2) is 4.98 Å². The Morgan fingerprint density at radius 2 is 2.15 bits per heavy atom. The van der Waals surface area contributed by atoms with Crippen LogP contribution in [0.4, 0.5) is 0 Å². The molecule has 1 aromatic carbocycles. The third-order valence-corrected chi connectivity index (χ3v) is 7.17. The van der Waals surface area contributed by atoms with E-state index in [-0.39, 0.29) is 30.2 Å². The number of phenolic OH excluding ortho intramolecular Hbond substituents is 1. The summed E-state index contributed by atoms with van der Waals surface area (Å²) in [4.78, 5) is 17.0. The van der Waals surface area contributed by atoms with Gasteiger partial charge in [-0.3, -0.25) is 4.79 Å². The van der Waals surface area contributed by atoms with Gasteiger partial charge in [0.1, 0.15) is 17.1 Å². The number of phenols is 1. The minimum atomic E-state index is -0.950. The van der Waals surface area contributed by atoms with E-state index in [0.29, 0.717) is 30.8 Å². The first-order chi connectivity index (χ1) is 15.6. The largest absolute Gasteiger partial charge is 0.508 e. The molecule has 2 atom stereocenters. The van der Waals surface area contributed by atoms with Gasteiger partial charge in [0.15, 0.2) is 0 Å². The maximum Gasteiger partial charge on any atom is 0.315 e. The second kappa shape index (κ2) is 8.86. The number of carbonyl (C=O) groups excluding carboxylic acids is 1. The molecular weight excluding hydrogens is 420 g/mol. The molecule has 0 radical (unpaired) electrons. The Morgan fingerprint density at radius 3 is 2.85 bits per heavy atom. The number of carbonyl (C=O) groups is 1. The van der Waals surface area contributed by atoms with Crippen molar-refractivity contribution in [2.24, 2.45) is 5.92 Å². The number of allylic oxidation sites excluding steroid dienone is 1. The minimum Gasteiger partial charge on any atom is -0.508 e. The summed E-state index contributed by atoms with van der Waals surface area (Å²) >= 11 is 0. The van der Waals surface area contributed by atoms with Crippen LogP contribution in [0.25, 0.3) is 0 Å². The second-order valence-electron chi connectivity index (χ2n) is 10.2. The fourth-order valence-electron chi connectivity index (χ4n) is 5.08. The van der Waals surface area contributed by atoms with Crippen molar-refractivity contribution in [3.8, 4) is 11.5 Å². The highest BCUT2D eigenvalue weighted by Crippen LogP contribution is 2.54. The van der Waals surface area contributed by atoms with Gasteiger partial charge in [-0.1, -0.05) is 6.08 Å². The Kier molecular flexibility index (Phi) is 6.27. The Labute approximate surface area is 195 Å². The Balaban J connectivity index is 1.54. The van der Waals surface area contributed by atoms with Gasteiger partial charge in [0.2, 0.25) is 0 Å². The number of hydrogen-bond donors (Lipinski definition) is 2. The number of rotatable bonds is 7. The Bertz CT molecular complexity index is 1040. The fourth-order valence-corrected chi connectivity index (χ4v) is 5.08. The number of aryl methyl sites for hydroxylation is 1. The lowest BCUT2D eigenvalue weighted by Crippen LogP contribution is -2.45. The number of aliphatic hydroxyl groups is 1. The van der Waals surface area contributed by atoms with Crippen molar-refractivity contribution in [1.82, 2.24) is 9.55 Å². The normalized spacial score (nSPS) is 21.4. The monoisotopic (exact) mass is 454 g/mol. The van der Waals surface area contributed by atoms with E-state index in [1.165, 1.54) is 0 Å². The molecule has 33 heavy (non-hydrogen) atoms. The summed E-state index contributed by atoms with van der Waals surface area (Å²) in [5, 5.41) is 20.7. The van der Waals surface area contributed by atoms with E-state index in [9.17, 15) is 15.0 Å². The van der Waals surface area contributed by atoms with Crippen molar-refractivity contribution >= 4 is 5.97 Å². The quantitative estimate of drug-likeness (QED) is 0.372. The standard InChI is InChI=1S/C26H34N2O5/c1-25(2,24(31)32-11-5-9-28-10-8-27-16-28)18-13-21(30)23-19-12-17(15-29)6-7-20(19)26(3,4)33-22(23)14-18/h6,8,10,13-14,16,19-20,29-30H,5,7,9,11-12,15H2,1-4H3/t19-,20-/m1/s1. The molecular formula is C26H34N2O5. The van der Waals surface area contributed by atoms with Gasteiger partial charge < -0.3 is 24.3 Å². The van der Waals surface area contributed by atoms with Gasteiger partial charge in [-0.15, -0.1) is 0 Å². The minimum absolute atomic E-state index is 0.0262. The first-order valence-electron chi connectivity index (χ1n) is 11.6. The van der Waals surface area contributed by atoms with Crippen LogP contribution in [0.5, 0.6) is 11.5 Å². The van der Waals surface area contributed by atoms with E-state index in [1.807, 2.05) is 16.8 Å². The number of aliphatic hydroxyl groups excluding tert-OH is 1. The molecule has 2 N–H and O–H groups in total. The van der Waals surface area contributed by atoms with E-state index in [4.69, 9.17) is 9.47 Å². The predicted octanol–water partition coefficient (Wildman–Crippen LogP) is 4.08. The Morgan fingerprint density at radius 1 is 1.36 bits per heavy atom. The molecule has 1 aliphatic carbocycles.